The first kappa shape index (κ1) is 20.6. The molecule has 2 saturated heterocycles. The summed E-state index contributed by atoms with van der Waals surface area (Å²) in [7, 11) is 0. The number of carbonyl (C=O) groups excluding carboxylic acids is 1. The minimum atomic E-state index is -0.716. The van der Waals surface area contributed by atoms with E-state index in [1.54, 1.807) is 0 Å². The summed E-state index contributed by atoms with van der Waals surface area (Å²) in [5.41, 5.74) is 0.974. The van der Waals surface area contributed by atoms with Crippen molar-refractivity contribution >= 4 is 12.1 Å². The second-order valence-electron chi connectivity index (χ2n) is 7.91. The quantitative estimate of drug-likeness (QED) is 0.556. The van der Waals surface area contributed by atoms with Crippen molar-refractivity contribution in [1.82, 2.24) is 5.32 Å². The topological polar surface area (TPSA) is 84.9 Å². The molecule has 0 aliphatic carbocycles. The first-order chi connectivity index (χ1) is 13.6. The molecule has 4 atom stereocenters. The lowest BCUT2D eigenvalue weighted by Gasteiger charge is -2.28. The van der Waals surface area contributed by atoms with Crippen molar-refractivity contribution in [3.63, 3.8) is 0 Å². The number of hydrogen-bond donors (Lipinski definition) is 2. The molecule has 154 valence electrons. The molecule has 1 amide bonds. The molecule has 3 rings (SSSR count). The van der Waals surface area contributed by atoms with Crippen molar-refractivity contribution in [3.05, 3.63) is 35.9 Å². The van der Waals surface area contributed by atoms with Crippen LogP contribution < -0.4 is 5.32 Å². The minimum Gasteiger partial charge on any atom is -0.481 e. The molecule has 2 aliphatic heterocycles. The van der Waals surface area contributed by atoms with Gasteiger partial charge in [-0.3, -0.25) is 4.79 Å². The highest BCUT2D eigenvalue weighted by molar-refractivity contribution is 5.67. The van der Waals surface area contributed by atoms with Gasteiger partial charge < -0.3 is 19.9 Å². The van der Waals surface area contributed by atoms with E-state index in [2.05, 4.69) is 5.32 Å². The van der Waals surface area contributed by atoms with Gasteiger partial charge in [0.05, 0.1) is 12.2 Å². The van der Waals surface area contributed by atoms with Gasteiger partial charge in [0, 0.05) is 18.9 Å². The SMILES string of the molecule is O=C(O)CCCCCC[C@H]1[C@@H](CNC(=O)OCc2ccccc2)[C@H]2CC[C@@H]1O2. The van der Waals surface area contributed by atoms with Crippen LogP contribution in [-0.2, 0) is 20.9 Å². The summed E-state index contributed by atoms with van der Waals surface area (Å²) in [6.07, 6.45) is 7.57. The summed E-state index contributed by atoms with van der Waals surface area (Å²) in [5, 5.41) is 11.6. The predicted octanol–water partition coefficient (Wildman–Crippen LogP) is 4.13. The summed E-state index contributed by atoms with van der Waals surface area (Å²) in [4.78, 5) is 22.6. The number of hydrogen-bond acceptors (Lipinski definition) is 4. The number of aliphatic carboxylic acids is 1. The number of ether oxygens (including phenoxy) is 2. The lowest BCUT2D eigenvalue weighted by Crippen LogP contribution is -2.38. The van der Waals surface area contributed by atoms with Gasteiger partial charge in [-0.1, -0.05) is 49.6 Å². The van der Waals surface area contributed by atoms with Gasteiger partial charge in [-0.05, 0) is 37.2 Å². The Kier molecular flexibility index (Phi) is 7.71. The molecule has 0 radical (unpaired) electrons. The average molecular weight is 389 g/mol. The molecule has 1 aromatic carbocycles. The fourth-order valence-corrected chi connectivity index (χ4v) is 4.54. The van der Waals surface area contributed by atoms with Crippen molar-refractivity contribution in [1.29, 1.82) is 0 Å². The Balaban J connectivity index is 1.36. The monoisotopic (exact) mass is 389 g/mol. The zero-order chi connectivity index (χ0) is 19.8. The Labute approximate surface area is 166 Å². The van der Waals surface area contributed by atoms with E-state index in [4.69, 9.17) is 14.6 Å². The van der Waals surface area contributed by atoms with Crippen LogP contribution in [0.4, 0.5) is 4.79 Å². The summed E-state index contributed by atoms with van der Waals surface area (Å²) < 4.78 is 11.4. The summed E-state index contributed by atoms with van der Waals surface area (Å²) >= 11 is 0. The zero-order valence-electron chi connectivity index (χ0n) is 16.3. The van der Waals surface area contributed by atoms with Crippen molar-refractivity contribution in [2.45, 2.75) is 70.2 Å². The highest BCUT2D eigenvalue weighted by Gasteiger charge is 2.48. The van der Waals surface area contributed by atoms with Crippen LogP contribution in [0.25, 0.3) is 0 Å². The van der Waals surface area contributed by atoms with Gasteiger partial charge in [-0.25, -0.2) is 4.79 Å². The number of carboxylic acids is 1. The molecule has 2 fully saturated rings. The van der Waals surface area contributed by atoms with Crippen LogP contribution in [0, 0.1) is 11.8 Å². The van der Waals surface area contributed by atoms with E-state index in [1.807, 2.05) is 30.3 Å². The maximum absolute atomic E-state index is 12.1. The molecular weight excluding hydrogens is 358 g/mol. The van der Waals surface area contributed by atoms with Crippen molar-refractivity contribution in [3.8, 4) is 0 Å². The average Bonchev–Trinajstić information content (AvgIpc) is 3.30. The first-order valence-corrected chi connectivity index (χ1v) is 10.5. The normalized spacial score (nSPS) is 25.6. The molecule has 1 aromatic rings. The fraction of sp³-hybridized carbons (Fsp3) is 0.636. The molecule has 2 bridgehead atoms. The highest BCUT2D eigenvalue weighted by Crippen LogP contribution is 2.45. The molecule has 6 heteroatoms. The van der Waals surface area contributed by atoms with E-state index >= 15 is 0 Å². The number of benzene rings is 1. The van der Waals surface area contributed by atoms with Crippen LogP contribution in [0.2, 0.25) is 0 Å². The van der Waals surface area contributed by atoms with Gasteiger partial charge in [0.15, 0.2) is 0 Å². The molecule has 6 nitrogen and oxygen atoms in total. The van der Waals surface area contributed by atoms with Gasteiger partial charge in [0.1, 0.15) is 6.61 Å². The van der Waals surface area contributed by atoms with E-state index in [-0.39, 0.29) is 25.2 Å². The van der Waals surface area contributed by atoms with Gasteiger partial charge in [-0.15, -0.1) is 0 Å². The second kappa shape index (κ2) is 10.5. The van der Waals surface area contributed by atoms with E-state index in [0.29, 0.717) is 24.5 Å². The fourth-order valence-electron chi connectivity index (χ4n) is 4.54. The molecule has 0 saturated carbocycles. The maximum atomic E-state index is 12.1. The number of carboxylic acid groups (broad SMARTS) is 1. The molecule has 28 heavy (non-hydrogen) atoms. The largest absolute Gasteiger partial charge is 0.481 e. The smallest absolute Gasteiger partial charge is 0.407 e. The van der Waals surface area contributed by atoms with E-state index in [0.717, 1.165) is 50.5 Å². The molecule has 0 unspecified atom stereocenters. The third kappa shape index (κ3) is 5.96. The van der Waals surface area contributed by atoms with Gasteiger partial charge in [-0.2, -0.15) is 0 Å². The van der Waals surface area contributed by atoms with Crippen LogP contribution in [0.5, 0.6) is 0 Å². The first-order valence-electron chi connectivity index (χ1n) is 10.5. The van der Waals surface area contributed by atoms with Crippen molar-refractivity contribution in [2.75, 3.05) is 6.54 Å². The number of rotatable bonds is 11. The highest BCUT2D eigenvalue weighted by atomic mass is 16.5. The lowest BCUT2D eigenvalue weighted by molar-refractivity contribution is -0.137. The molecule has 2 N–H and O–H groups in total. The standard InChI is InChI=1S/C22H31NO5/c24-21(25)11-7-2-1-6-10-17-18(20-13-12-19(17)28-20)14-23-22(26)27-15-16-8-4-3-5-9-16/h3-5,8-9,17-20H,1-2,6-7,10-15H2,(H,23,26)(H,24,25)/t17-,18+,19-,20+/m0/s1. The number of unbranched alkanes of at least 4 members (excludes halogenated alkanes) is 3. The second-order valence-corrected chi connectivity index (χ2v) is 7.91. The molecular formula is C22H31NO5. The molecule has 0 aromatic heterocycles. The Morgan fingerprint density at radius 1 is 1.04 bits per heavy atom. The van der Waals surface area contributed by atoms with E-state index in [9.17, 15) is 9.59 Å². The Bertz CT molecular complexity index is 635. The summed E-state index contributed by atoms with van der Waals surface area (Å²) in [6.45, 7) is 0.873. The van der Waals surface area contributed by atoms with Crippen LogP contribution >= 0.6 is 0 Å². The molecule has 2 aliphatic rings. The van der Waals surface area contributed by atoms with Gasteiger partial charge >= 0.3 is 12.1 Å². The van der Waals surface area contributed by atoms with Crippen molar-refractivity contribution < 1.29 is 24.2 Å². The number of fused-ring (bicyclic) bond motifs is 2. The van der Waals surface area contributed by atoms with Crippen LogP contribution in [0.15, 0.2) is 30.3 Å². The summed E-state index contributed by atoms with van der Waals surface area (Å²) in [6, 6.07) is 9.66. The maximum Gasteiger partial charge on any atom is 0.407 e. The van der Waals surface area contributed by atoms with E-state index < -0.39 is 5.97 Å². The van der Waals surface area contributed by atoms with E-state index in [1.165, 1.54) is 0 Å². The Morgan fingerprint density at radius 3 is 2.50 bits per heavy atom. The molecule has 0 spiro atoms. The minimum absolute atomic E-state index is 0.247. The van der Waals surface area contributed by atoms with Crippen LogP contribution in [0.1, 0.15) is 56.9 Å². The zero-order valence-corrected chi connectivity index (χ0v) is 16.3. The van der Waals surface area contributed by atoms with Gasteiger partial charge in [0.2, 0.25) is 0 Å². The third-order valence-corrected chi connectivity index (χ3v) is 5.96. The lowest BCUT2D eigenvalue weighted by atomic mass is 9.76. The summed E-state index contributed by atoms with van der Waals surface area (Å²) in [5.74, 6) is 0.112. The number of nitrogens with one attached hydrogen (secondary N) is 1. The van der Waals surface area contributed by atoms with Crippen LogP contribution in [0.3, 0.4) is 0 Å². The number of amides is 1. The number of carbonyl (C=O) groups is 2. The predicted molar refractivity (Wildman–Crippen MR) is 105 cm³/mol. The van der Waals surface area contributed by atoms with Crippen molar-refractivity contribution in [2.24, 2.45) is 11.8 Å². The van der Waals surface area contributed by atoms with Gasteiger partial charge in [0.25, 0.3) is 0 Å². The Hall–Kier alpha value is -2.08. The Morgan fingerprint density at radius 2 is 1.75 bits per heavy atom. The third-order valence-electron chi connectivity index (χ3n) is 5.96. The number of alkyl carbamates (subject to hydrolysis) is 1. The van der Waals surface area contributed by atoms with Crippen LogP contribution in [-0.4, -0.2) is 35.9 Å². The molecule has 2 heterocycles.